The fourth-order valence-electron chi connectivity index (χ4n) is 1.47. The Morgan fingerprint density at radius 2 is 2.28 bits per heavy atom. The van der Waals surface area contributed by atoms with E-state index in [0.717, 1.165) is 6.07 Å². The summed E-state index contributed by atoms with van der Waals surface area (Å²) in [7, 11) is 0. The Hall–Kier alpha value is -1.17. The lowest BCUT2D eigenvalue weighted by Gasteiger charge is -2.18. The Bertz CT molecular complexity index is 415. The fourth-order valence-corrected chi connectivity index (χ4v) is 1.69. The molecule has 0 unspecified atom stereocenters. The van der Waals surface area contributed by atoms with Crippen molar-refractivity contribution in [3.05, 3.63) is 29.0 Å². The third-order valence-electron chi connectivity index (χ3n) is 2.44. The number of hydrogen-bond donors (Lipinski definition) is 2. The summed E-state index contributed by atoms with van der Waals surface area (Å²) in [5.74, 6) is -0.702. The van der Waals surface area contributed by atoms with Crippen LogP contribution < -0.4 is 5.32 Å². The molecule has 0 heterocycles. The number of anilines is 1. The van der Waals surface area contributed by atoms with Crippen LogP contribution in [-0.4, -0.2) is 42.2 Å². The normalized spacial score (nSPS) is 10.7. The molecule has 0 aliphatic heterocycles. The molecule has 0 saturated heterocycles. The van der Waals surface area contributed by atoms with Gasteiger partial charge < -0.3 is 10.4 Å². The van der Waals surface area contributed by atoms with E-state index in [4.69, 9.17) is 16.7 Å². The molecule has 100 valence electrons. The molecule has 0 aromatic heterocycles. The van der Waals surface area contributed by atoms with E-state index in [2.05, 4.69) is 5.32 Å². The van der Waals surface area contributed by atoms with Gasteiger partial charge in [-0.1, -0.05) is 18.5 Å². The van der Waals surface area contributed by atoms with Gasteiger partial charge in [0.15, 0.2) is 0 Å². The first kappa shape index (κ1) is 14.9. The van der Waals surface area contributed by atoms with Gasteiger partial charge in [-0.3, -0.25) is 9.69 Å². The van der Waals surface area contributed by atoms with E-state index < -0.39 is 5.82 Å². The largest absolute Gasteiger partial charge is 0.395 e. The van der Waals surface area contributed by atoms with Crippen molar-refractivity contribution in [1.82, 2.24) is 4.90 Å². The number of hydrogen-bond acceptors (Lipinski definition) is 3. The average molecular weight is 275 g/mol. The molecule has 0 bridgehead atoms. The summed E-state index contributed by atoms with van der Waals surface area (Å²) in [6.45, 7) is 3.14. The average Bonchev–Trinajstić information content (AvgIpc) is 2.32. The minimum atomic E-state index is -0.450. The van der Waals surface area contributed by atoms with E-state index in [1.807, 2.05) is 6.92 Å². The smallest absolute Gasteiger partial charge is 0.238 e. The Balaban J connectivity index is 2.58. The van der Waals surface area contributed by atoms with E-state index in [1.165, 1.54) is 12.1 Å². The minimum Gasteiger partial charge on any atom is -0.395 e. The van der Waals surface area contributed by atoms with Gasteiger partial charge in [0.2, 0.25) is 5.91 Å². The first-order valence-electron chi connectivity index (χ1n) is 5.65. The highest BCUT2D eigenvalue weighted by Crippen LogP contribution is 2.22. The fraction of sp³-hybridized carbons (Fsp3) is 0.417. The zero-order valence-corrected chi connectivity index (χ0v) is 10.9. The number of rotatable bonds is 6. The van der Waals surface area contributed by atoms with Crippen LogP contribution in [-0.2, 0) is 4.79 Å². The summed E-state index contributed by atoms with van der Waals surface area (Å²) in [5, 5.41) is 11.6. The van der Waals surface area contributed by atoms with E-state index in [9.17, 15) is 9.18 Å². The Kier molecular flexibility index (Phi) is 6.04. The number of halogens is 2. The lowest BCUT2D eigenvalue weighted by atomic mass is 10.3. The molecule has 0 spiro atoms. The van der Waals surface area contributed by atoms with Crippen molar-refractivity contribution < 1.29 is 14.3 Å². The molecule has 0 aliphatic rings. The monoisotopic (exact) mass is 274 g/mol. The molecule has 0 radical (unpaired) electrons. The van der Waals surface area contributed by atoms with Crippen LogP contribution in [0.4, 0.5) is 10.1 Å². The summed E-state index contributed by atoms with van der Waals surface area (Å²) in [6.07, 6.45) is 0. The van der Waals surface area contributed by atoms with Crippen LogP contribution in [0.3, 0.4) is 0 Å². The van der Waals surface area contributed by atoms with Crippen LogP contribution in [0.2, 0.25) is 5.02 Å². The summed E-state index contributed by atoms with van der Waals surface area (Å²) in [6, 6.07) is 3.78. The minimum absolute atomic E-state index is 0.00156. The maximum Gasteiger partial charge on any atom is 0.238 e. The van der Waals surface area contributed by atoms with Crippen LogP contribution >= 0.6 is 11.6 Å². The highest BCUT2D eigenvalue weighted by atomic mass is 35.5. The number of nitrogens with zero attached hydrogens (tertiary/aromatic N) is 1. The second-order valence-electron chi connectivity index (χ2n) is 3.76. The summed E-state index contributed by atoms with van der Waals surface area (Å²) >= 11 is 5.80. The Labute approximate surface area is 110 Å². The Morgan fingerprint density at radius 3 is 2.83 bits per heavy atom. The van der Waals surface area contributed by atoms with Crippen molar-refractivity contribution in [2.75, 3.05) is 31.6 Å². The predicted molar refractivity (Wildman–Crippen MR) is 69.2 cm³/mol. The molecule has 1 aromatic carbocycles. The second-order valence-corrected chi connectivity index (χ2v) is 4.17. The Morgan fingerprint density at radius 1 is 1.56 bits per heavy atom. The lowest BCUT2D eigenvalue weighted by Crippen LogP contribution is -2.35. The third-order valence-corrected chi connectivity index (χ3v) is 2.75. The molecule has 1 amide bonds. The zero-order chi connectivity index (χ0) is 13.5. The van der Waals surface area contributed by atoms with Crippen molar-refractivity contribution >= 4 is 23.2 Å². The predicted octanol–water partition coefficient (Wildman–Crippen LogP) is 1.73. The number of benzene rings is 1. The molecule has 1 rings (SSSR count). The van der Waals surface area contributed by atoms with Crippen molar-refractivity contribution in [3.63, 3.8) is 0 Å². The van der Waals surface area contributed by atoms with Crippen LogP contribution in [0.25, 0.3) is 0 Å². The lowest BCUT2D eigenvalue weighted by molar-refractivity contribution is -0.117. The van der Waals surface area contributed by atoms with Crippen LogP contribution in [0.1, 0.15) is 6.92 Å². The van der Waals surface area contributed by atoms with Gasteiger partial charge in [0, 0.05) is 6.54 Å². The highest BCUT2D eigenvalue weighted by molar-refractivity contribution is 6.33. The van der Waals surface area contributed by atoms with Crippen molar-refractivity contribution in [1.29, 1.82) is 0 Å². The molecular formula is C12H16ClFN2O2. The van der Waals surface area contributed by atoms with Crippen LogP contribution in [0, 0.1) is 5.82 Å². The number of carbonyl (C=O) groups is 1. The summed E-state index contributed by atoms with van der Waals surface area (Å²) in [5.41, 5.74) is 0.378. The van der Waals surface area contributed by atoms with Gasteiger partial charge in [-0.05, 0) is 24.7 Å². The van der Waals surface area contributed by atoms with Gasteiger partial charge in [0.05, 0.1) is 23.9 Å². The molecule has 0 fully saturated rings. The van der Waals surface area contributed by atoms with Gasteiger partial charge >= 0.3 is 0 Å². The summed E-state index contributed by atoms with van der Waals surface area (Å²) in [4.78, 5) is 13.5. The first-order valence-corrected chi connectivity index (χ1v) is 6.02. The van der Waals surface area contributed by atoms with Crippen molar-refractivity contribution in [2.24, 2.45) is 0 Å². The number of aliphatic hydroxyl groups is 1. The molecule has 4 nitrogen and oxygen atoms in total. The van der Waals surface area contributed by atoms with E-state index in [-0.39, 0.29) is 24.1 Å². The van der Waals surface area contributed by atoms with Gasteiger partial charge in [-0.15, -0.1) is 0 Å². The molecule has 6 heteroatoms. The molecule has 18 heavy (non-hydrogen) atoms. The first-order chi connectivity index (χ1) is 8.56. The number of nitrogens with one attached hydrogen (secondary N) is 1. The number of likely N-dealkylation sites (N-methyl/N-ethyl adjacent to an activating group) is 1. The highest BCUT2D eigenvalue weighted by Gasteiger charge is 2.10. The molecule has 0 saturated carbocycles. The zero-order valence-electron chi connectivity index (χ0n) is 10.1. The van der Waals surface area contributed by atoms with Gasteiger partial charge in [-0.25, -0.2) is 4.39 Å². The third kappa shape index (κ3) is 4.60. The number of amides is 1. The molecule has 0 atom stereocenters. The van der Waals surface area contributed by atoms with E-state index >= 15 is 0 Å². The number of aliphatic hydroxyl groups excluding tert-OH is 1. The standard InChI is InChI=1S/C12H16ClFN2O2/c1-2-16(5-6-17)8-12(18)15-11-4-3-9(14)7-10(11)13/h3-4,7,17H,2,5-6,8H2,1H3,(H,15,18). The SMILES string of the molecule is CCN(CCO)CC(=O)Nc1ccc(F)cc1Cl. The van der Waals surface area contributed by atoms with E-state index in [0.29, 0.717) is 18.8 Å². The maximum atomic E-state index is 12.8. The van der Waals surface area contributed by atoms with Gasteiger partial charge in [0.1, 0.15) is 5.82 Å². The van der Waals surface area contributed by atoms with Gasteiger partial charge in [0.25, 0.3) is 0 Å². The van der Waals surface area contributed by atoms with E-state index in [1.54, 1.807) is 4.90 Å². The second kappa shape index (κ2) is 7.31. The quantitative estimate of drug-likeness (QED) is 0.831. The molecule has 2 N–H and O–H groups in total. The topological polar surface area (TPSA) is 52.6 Å². The van der Waals surface area contributed by atoms with Crippen LogP contribution in [0.5, 0.6) is 0 Å². The van der Waals surface area contributed by atoms with Crippen LogP contribution in [0.15, 0.2) is 18.2 Å². The number of carbonyl (C=O) groups excluding carboxylic acids is 1. The van der Waals surface area contributed by atoms with Crippen molar-refractivity contribution in [2.45, 2.75) is 6.92 Å². The van der Waals surface area contributed by atoms with Gasteiger partial charge in [-0.2, -0.15) is 0 Å². The van der Waals surface area contributed by atoms with Crippen molar-refractivity contribution in [3.8, 4) is 0 Å². The molecule has 1 aromatic rings. The summed E-state index contributed by atoms with van der Waals surface area (Å²) < 4.78 is 12.8. The molecular weight excluding hydrogens is 259 g/mol. The maximum absolute atomic E-state index is 12.8. The molecule has 0 aliphatic carbocycles.